The van der Waals surface area contributed by atoms with Crippen molar-refractivity contribution < 1.29 is 4.39 Å². The van der Waals surface area contributed by atoms with Crippen LogP contribution in [0.2, 0.25) is 0 Å². The van der Waals surface area contributed by atoms with Crippen LogP contribution in [0.15, 0.2) is 61.7 Å². The highest BCUT2D eigenvalue weighted by atomic mass is 19.1. The number of aryl methyl sites for hydroxylation is 1. The fourth-order valence-corrected chi connectivity index (χ4v) is 4.38. The van der Waals surface area contributed by atoms with Crippen LogP contribution < -0.4 is 9.80 Å². The molecule has 0 aromatic heterocycles. The van der Waals surface area contributed by atoms with Crippen LogP contribution >= 0.6 is 0 Å². The minimum Gasteiger partial charge on any atom is -0.344 e. The molecule has 3 aromatic rings. The summed E-state index contributed by atoms with van der Waals surface area (Å²) in [6.45, 7) is 10.8. The van der Waals surface area contributed by atoms with Gasteiger partial charge in [-0.05, 0) is 60.0 Å². The van der Waals surface area contributed by atoms with Crippen LogP contribution in [0, 0.1) is 12.7 Å². The van der Waals surface area contributed by atoms with E-state index in [0.717, 1.165) is 56.1 Å². The van der Waals surface area contributed by atoms with Crippen molar-refractivity contribution in [1.29, 1.82) is 0 Å². The molecule has 3 heteroatoms. The number of anilines is 4. The molecule has 2 aliphatic heterocycles. The van der Waals surface area contributed by atoms with Crippen LogP contribution in [0.3, 0.4) is 0 Å². The van der Waals surface area contributed by atoms with E-state index in [9.17, 15) is 4.39 Å². The predicted octanol–water partition coefficient (Wildman–Crippen LogP) is 6.42. The van der Waals surface area contributed by atoms with Crippen LogP contribution in [0.4, 0.5) is 27.1 Å². The lowest BCUT2D eigenvalue weighted by Gasteiger charge is -2.37. The molecule has 0 fully saturated rings. The van der Waals surface area contributed by atoms with E-state index in [1.54, 1.807) is 6.07 Å². The predicted molar refractivity (Wildman–Crippen MR) is 116 cm³/mol. The van der Waals surface area contributed by atoms with E-state index in [2.05, 4.69) is 62.4 Å². The molecule has 2 nitrogen and oxygen atoms in total. The molecule has 0 bridgehead atoms. The molecule has 138 valence electrons. The van der Waals surface area contributed by atoms with Gasteiger partial charge in [0.2, 0.25) is 0 Å². The van der Waals surface area contributed by atoms with Crippen molar-refractivity contribution in [2.75, 3.05) is 23.9 Å². The number of hydrogen-bond donors (Lipinski definition) is 0. The number of rotatable bonds is 0. The summed E-state index contributed by atoms with van der Waals surface area (Å²) in [6.07, 6.45) is 0. The van der Waals surface area contributed by atoms with Gasteiger partial charge >= 0.3 is 0 Å². The van der Waals surface area contributed by atoms with E-state index in [-0.39, 0.29) is 5.82 Å². The van der Waals surface area contributed by atoms with E-state index >= 15 is 0 Å². The fraction of sp³-hybridized carbons (Fsp3) is 0.120. The number of hydrogen-bond acceptors (Lipinski definition) is 2. The molecule has 0 unspecified atom stereocenters. The van der Waals surface area contributed by atoms with Gasteiger partial charge in [-0.3, -0.25) is 0 Å². The third-order valence-electron chi connectivity index (χ3n) is 5.97. The van der Waals surface area contributed by atoms with Crippen LogP contribution in [0.5, 0.6) is 0 Å². The minimum absolute atomic E-state index is 0.242. The van der Waals surface area contributed by atoms with E-state index in [0.29, 0.717) is 0 Å². The molecule has 0 saturated heterocycles. The summed E-state index contributed by atoms with van der Waals surface area (Å²) in [6, 6.07) is 15.7. The van der Waals surface area contributed by atoms with Crippen molar-refractivity contribution in [1.82, 2.24) is 0 Å². The van der Waals surface area contributed by atoms with Crippen molar-refractivity contribution in [2.24, 2.45) is 0 Å². The maximum absolute atomic E-state index is 13.9. The van der Waals surface area contributed by atoms with Gasteiger partial charge in [0, 0.05) is 53.4 Å². The van der Waals surface area contributed by atoms with Crippen LogP contribution in [0.1, 0.15) is 27.8 Å². The number of fused-ring (bicyclic) bond motifs is 4. The highest BCUT2D eigenvalue weighted by Gasteiger charge is 2.29. The SMILES string of the molecule is C=C1c2ccc(C)cc2N(C)c2cc3c(cc21)N(C)c1cc(F)ccc1C3=C. The second-order valence-electron chi connectivity index (χ2n) is 7.64. The summed E-state index contributed by atoms with van der Waals surface area (Å²) in [4.78, 5) is 4.26. The Labute approximate surface area is 164 Å². The van der Waals surface area contributed by atoms with Gasteiger partial charge in [0.05, 0.1) is 5.69 Å². The first-order valence-corrected chi connectivity index (χ1v) is 9.32. The maximum Gasteiger partial charge on any atom is 0.125 e. The zero-order chi connectivity index (χ0) is 19.7. The van der Waals surface area contributed by atoms with Gasteiger partial charge in [0.25, 0.3) is 0 Å². The Balaban J connectivity index is 1.74. The molecule has 0 atom stereocenters. The highest BCUT2D eigenvalue weighted by molar-refractivity contribution is 6.03. The minimum atomic E-state index is -0.242. The van der Waals surface area contributed by atoms with Crippen LogP contribution in [-0.4, -0.2) is 14.1 Å². The van der Waals surface area contributed by atoms with Gasteiger partial charge in [-0.1, -0.05) is 25.3 Å². The Morgan fingerprint density at radius 3 is 1.68 bits per heavy atom. The molecule has 0 saturated carbocycles. The molecule has 0 spiro atoms. The molecule has 3 aromatic carbocycles. The van der Waals surface area contributed by atoms with Crippen molar-refractivity contribution in [3.05, 3.63) is 95.3 Å². The van der Waals surface area contributed by atoms with E-state index in [1.165, 1.54) is 11.6 Å². The van der Waals surface area contributed by atoms with Crippen LogP contribution in [-0.2, 0) is 0 Å². The fourth-order valence-electron chi connectivity index (χ4n) is 4.38. The molecule has 0 N–H and O–H groups in total. The molecule has 0 radical (unpaired) electrons. The summed E-state index contributed by atoms with van der Waals surface area (Å²) in [5.74, 6) is -0.242. The lowest BCUT2D eigenvalue weighted by atomic mass is 9.85. The standard InChI is InChI=1S/C25H21FN2/c1-14-6-8-18-15(2)20-13-25-21(12-24(20)27(4)22(18)10-14)16(3)19-9-7-17(26)11-23(19)28(25)5/h6-13H,2-3H2,1,4-5H3. The van der Waals surface area contributed by atoms with E-state index in [1.807, 2.05) is 18.0 Å². The molecular formula is C25H21FN2. The summed E-state index contributed by atoms with van der Waals surface area (Å²) < 4.78 is 13.9. The van der Waals surface area contributed by atoms with Crippen molar-refractivity contribution in [3.63, 3.8) is 0 Å². The first-order valence-electron chi connectivity index (χ1n) is 9.32. The van der Waals surface area contributed by atoms with Gasteiger partial charge in [-0.2, -0.15) is 0 Å². The zero-order valence-corrected chi connectivity index (χ0v) is 16.3. The van der Waals surface area contributed by atoms with Gasteiger partial charge < -0.3 is 9.80 Å². The average molecular weight is 368 g/mol. The summed E-state index contributed by atoms with van der Waals surface area (Å²) in [7, 11) is 4.07. The monoisotopic (exact) mass is 368 g/mol. The quantitative estimate of drug-likeness (QED) is 0.452. The van der Waals surface area contributed by atoms with Gasteiger partial charge in [0.1, 0.15) is 5.82 Å². The lowest BCUT2D eigenvalue weighted by molar-refractivity contribution is 0.627. The van der Waals surface area contributed by atoms with E-state index < -0.39 is 0 Å². The average Bonchev–Trinajstić information content (AvgIpc) is 2.69. The zero-order valence-electron chi connectivity index (χ0n) is 16.3. The second-order valence-corrected chi connectivity index (χ2v) is 7.64. The van der Waals surface area contributed by atoms with Gasteiger partial charge in [-0.15, -0.1) is 0 Å². The summed E-state index contributed by atoms with van der Waals surface area (Å²) in [5.41, 5.74) is 11.5. The molecule has 5 rings (SSSR count). The molecule has 0 aliphatic carbocycles. The van der Waals surface area contributed by atoms with Crippen molar-refractivity contribution in [2.45, 2.75) is 6.92 Å². The van der Waals surface area contributed by atoms with Crippen molar-refractivity contribution >= 4 is 33.9 Å². The molecule has 2 aliphatic rings. The lowest BCUT2D eigenvalue weighted by Crippen LogP contribution is -2.22. The third kappa shape index (κ3) is 2.13. The maximum atomic E-state index is 13.9. The first kappa shape index (κ1) is 16.8. The van der Waals surface area contributed by atoms with E-state index in [4.69, 9.17) is 0 Å². The summed E-state index contributed by atoms with van der Waals surface area (Å²) >= 11 is 0. The number of nitrogens with zero attached hydrogens (tertiary/aromatic N) is 2. The Morgan fingerprint density at radius 1 is 0.643 bits per heavy atom. The smallest absolute Gasteiger partial charge is 0.125 e. The Morgan fingerprint density at radius 2 is 1.11 bits per heavy atom. The normalized spacial score (nSPS) is 14.4. The third-order valence-corrected chi connectivity index (χ3v) is 5.97. The second kappa shape index (κ2) is 5.59. The number of halogens is 1. The van der Waals surface area contributed by atoms with Crippen molar-refractivity contribution in [3.8, 4) is 0 Å². The van der Waals surface area contributed by atoms with Crippen LogP contribution in [0.25, 0.3) is 11.1 Å². The Hall–Kier alpha value is -3.33. The van der Waals surface area contributed by atoms with Gasteiger partial charge in [0.15, 0.2) is 0 Å². The molecule has 2 heterocycles. The Kier molecular flexibility index (Phi) is 3.35. The molecular weight excluding hydrogens is 347 g/mol. The number of benzene rings is 3. The van der Waals surface area contributed by atoms with Gasteiger partial charge in [-0.25, -0.2) is 4.39 Å². The molecule has 28 heavy (non-hydrogen) atoms. The Bertz CT molecular complexity index is 1110. The molecule has 0 amide bonds. The topological polar surface area (TPSA) is 6.48 Å². The highest BCUT2D eigenvalue weighted by Crippen LogP contribution is 2.50. The largest absolute Gasteiger partial charge is 0.344 e. The summed E-state index contributed by atoms with van der Waals surface area (Å²) in [5, 5.41) is 0. The first-order chi connectivity index (χ1) is 13.4.